The number of hydrogen-bond acceptors (Lipinski definition) is 7. The summed E-state index contributed by atoms with van der Waals surface area (Å²) in [4.78, 5) is 36.3. The molecule has 0 bridgehead atoms. The zero-order valence-electron chi connectivity index (χ0n) is 18.4. The first-order chi connectivity index (χ1) is 14.0. The molecule has 0 spiro atoms. The zero-order valence-corrected chi connectivity index (χ0v) is 18.4. The van der Waals surface area contributed by atoms with E-state index in [1.807, 2.05) is 6.92 Å². The first-order valence-electron chi connectivity index (χ1n) is 10.6. The lowest BCUT2D eigenvalue weighted by Gasteiger charge is -2.22. The second-order valence-corrected chi connectivity index (χ2v) is 6.64. The van der Waals surface area contributed by atoms with Crippen LogP contribution in [0.2, 0.25) is 0 Å². The largest absolute Gasteiger partial charge is 0.359 e. The molecular formula is C19H41N7O3. The highest BCUT2D eigenvalue weighted by atomic mass is 16.2. The third-order valence-corrected chi connectivity index (χ3v) is 4.33. The average molecular weight is 416 g/mol. The monoisotopic (exact) mass is 415 g/mol. The fraction of sp³-hybridized carbons (Fsp3) is 0.842. The topological polar surface area (TPSA) is 127 Å². The maximum atomic E-state index is 11.5. The van der Waals surface area contributed by atoms with Crippen LogP contribution in [0.15, 0.2) is 0 Å². The Hall–Kier alpha value is -1.75. The van der Waals surface area contributed by atoms with Crippen molar-refractivity contribution in [2.45, 2.75) is 26.2 Å². The van der Waals surface area contributed by atoms with Crippen LogP contribution in [0.1, 0.15) is 26.2 Å². The van der Waals surface area contributed by atoms with Crippen molar-refractivity contribution < 1.29 is 14.4 Å². The SMILES string of the molecule is CCNC(=O)CCNCCNCCN(CCNCCC(=O)NC)CCC(=O)NC. The van der Waals surface area contributed by atoms with E-state index in [0.29, 0.717) is 45.4 Å². The van der Waals surface area contributed by atoms with Gasteiger partial charge in [0.25, 0.3) is 0 Å². The fourth-order valence-corrected chi connectivity index (χ4v) is 2.56. The van der Waals surface area contributed by atoms with Gasteiger partial charge in [0, 0.05) is 98.8 Å². The zero-order chi connectivity index (χ0) is 21.7. The van der Waals surface area contributed by atoms with Gasteiger partial charge in [-0.3, -0.25) is 14.4 Å². The normalized spacial score (nSPS) is 10.8. The number of amides is 3. The van der Waals surface area contributed by atoms with E-state index >= 15 is 0 Å². The van der Waals surface area contributed by atoms with Crippen molar-refractivity contribution in [2.75, 3.05) is 79.5 Å². The summed E-state index contributed by atoms with van der Waals surface area (Å²) < 4.78 is 0. The predicted octanol–water partition coefficient (Wildman–Crippen LogP) is -2.14. The summed E-state index contributed by atoms with van der Waals surface area (Å²) in [5.41, 5.74) is 0. The molecule has 3 amide bonds. The van der Waals surface area contributed by atoms with Crippen LogP contribution in [0.25, 0.3) is 0 Å². The maximum absolute atomic E-state index is 11.5. The number of hydrogen-bond donors (Lipinski definition) is 6. The Morgan fingerprint density at radius 2 is 1.10 bits per heavy atom. The highest BCUT2D eigenvalue weighted by molar-refractivity contribution is 5.76. The summed E-state index contributed by atoms with van der Waals surface area (Å²) in [5, 5.41) is 17.9. The highest BCUT2D eigenvalue weighted by Gasteiger charge is 2.07. The second kappa shape index (κ2) is 19.6. The van der Waals surface area contributed by atoms with Crippen LogP contribution in [-0.4, -0.2) is 102 Å². The van der Waals surface area contributed by atoms with Gasteiger partial charge in [0.1, 0.15) is 0 Å². The van der Waals surface area contributed by atoms with Crippen molar-refractivity contribution in [2.24, 2.45) is 0 Å². The van der Waals surface area contributed by atoms with Gasteiger partial charge in [-0.25, -0.2) is 0 Å². The van der Waals surface area contributed by atoms with Crippen molar-refractivity contribution in [3.8, 4) is 0 Å². The maximum Gasteiger partial charge on any atom is 0.221 e. The predicted molar refractivity (Wildman–Crippen MR) is 116 cm³/mol. The van der Waals surface area contributed by atoms with Crippen molar-refractivity contribution >= 4 is 17.7 Å². The molecule has 170 valence electrons. The molecule has 0 saturated carbocycles. The number of carbonyl (C=O) groups excluding carboxylic acids is 3. The molecule has 0 fully saturated rings. The molecular weight excluding hydrogens is 374 g/mol. The minimum atomic E-state index is 0.0257. The lowest BCUT2D eigenvalue weighted by molar-refractivity contribution is -0.121. The van der Waals surface area contributed by atoms with E-state index in [-0.39, 0.29) is 17.7 Å². The summed E-state index contributed by atoms with van der Waals surface area (Å²) in [6.45, 7) is 9.47. The molecule has 10 heteroatoms. The summed E-state index contributed by atoms with van der Waals surface area (Å²) in [6.07, 6.45) is 1.42. The first-order valence-corrected chi connectivity index (χ1v) is 10.6. The van der Waals surface area contributed by atoms with Crippen LogP contribution in [-0.2, 0) is 14.4 Å². The van der Waals surface area contributed by atoms with E-state index in [2.05, 4.69) is 36.8 Å². The molecule has 0 atom stereocenters. The minimum absolute atomic E-state index is 0.0257. The van der Waals surface area contributed by atoms with E-state index in [0.717, 1.165) is 39.3 Å². The minimum Gasteiger partial charge on any atom is -0.359 e. The van der Waals surface area contributed by atoms with Crippen molar-refractivity contribution in [3.05, 3.63) is 0 Å². The summed E-state index contributed by atoms with van der Waals surface area (Å²) >= 11 is 0. The summed E-state index contributed by atoms with van der Waals surface area (Å²) in [5.74, 6) is 0.133. The van der Waals surface area contributed by atoms with Gasteiger partial charge >= 0.3 is 0 Å². The Morgan fingerprint density at radius 3 is 1.66 bits per heavy atom. The van der Waals surface area contributed by atoms with Crippen LogP contribution in [0.5, 0.6) is 0 Å². The Labute approximate surface area is 175 Å². The molecule has 6 N–H and O–H groups in total. The third-order valence-electron chi connectivity index (χ3n) is 4.33. The van der Waals surface area contributed by atoms with Gasteiger partial charge in [0.05, 0.1) is 0 Å². The molecule has 0 rings (SSSR count). The fourth-order valence-electron chi connectivity index (χ4n) is 2.56. The molecule has 0 aromatic carbocycles. The average Bonchev–Trinajstić information content (AvgIpc) is 2.72. The van der Waals surface area contributed by atoms with E-state index in [4.69, 9.17) is 0 Å². The molecule has 0 aliphatic heterocycles. The van der Waals surface area contributed by atoms with Gasteiger partial charge in [-0.15, -0.1) is 0 Å². The molecule has 0 radical (unpaired) electrons. The number of nitrogens with zero attached hydrogens (tertiary/aromatic N) is 1. The van der Waals surface area contributed by atoms with E-state index in [1.54, 1.807) is 14.1 Å². The molecule has 29 heavy (non-hydrogen) atoms. The van der Waals surface area contributed by atoms with Crippen molar-refractivity contribution in [3.63, 3.8) is 0 Å². The first kappa shape index (κ1) is 27.2. The van der Waals surface area contributed by atoms with Gasteiger partial charge in [0.2, 0.25) is 17.7 Å². The van der Waals surface area contributed by atoms with Crippen LogP contribution in [0.3, 0.4) is 0 Å². The van der Waals surface area contributed by atoms with E-state index in [9.17, 15) is 14.4 Å². The Balaban J connectivity index is 3.88. The van der Waals surface area contributed by atoms with Crippen LogP contribution in [0.4, 0.5) is 0 Å². The van der Waals surface area contributed by atoms with E-state index < -0.39 is 0 Å². The Morgan fingerprint density at radius 1 is 0.621 bits per heavy atom. The lowest BCUT2D eigenvalue weighted by atomic mass is 10.3. The lowest BCUT2D eigenvalue weighted by Crippen LogP contribution is -2.40. The van der Waals surface area contributed by atoms with Crippen molar-refractivity contribution in [1.29, 1.82) is 0 Å². The standard InChI is InChI=1S/C19H41N7O3/c1-4-25-19(29)6-9-22-10-11-24-13-16-26(14-7-18(28)21-3)15-12-23-8-5-17(27)20-2/h22-24H,4-16H2,1-3H3,(H,20,27)(H,21,28)(H,25,29). The van der Waals surface area contributed by atoms with Crippen molar-refractivity contribution in [1.82, 2.24) is 36.8 Å². The summed E-state index contributed by atoms with van der Waals surface area (Å²) in [7, 11) is 3.28. The second-order valence-electron chi connectivity index (χ2n) is 6.64. The third kappa shape index (κ3) is 18.0. The van der Waals surface area contributed by atoms with Crippen LogP contribution < -0.4 is 31.9 Å². The molecule has 0 aromatic rings. The molecule has 0 aromatic heterocycles. The molecule has 0 saturated heterocycles. The van der Waals surface area contributed by atoms with E-state index in [1.165, 1.54) is 0 Å². The molecule has 0 heterocycles. The van der Waals surface area contributed by atoms with Gasteiger partial charge < -0.3 is 36.8 Å². The summed E-state index contributed by atoms with van der Waals surface area (Å²) in [6, 6.07) is 0. The van der Waals surface area contributed by atoms with Gasteiger partial charge in [0.15, 0.2) is 0 Å². The highest BCUT2D eigenvalue weighted by Crippen LogP contribution is 1.91. The molecule has 10 nitrogen and oxygen atoms in total. The quantitative estimate of drug-likeness (QED) is 0.133. The van der Waals surface area contributed by atoms with Gasteiger partial charge in [-0.2, -0.15) is 0 Å². The Kier molecular flexibility index (Phi) is 18.4. The number of carbonyl (C=O) groups is 3. The molecule has 0 aliphatic rings. The Bertz CT molecular complexity index is 450. The smallest absolute Gasteiger partial charge is 0.221 e. The molecule has 0 aliphatic carbocycles. The van der Waals surface area contributed by atoms with Crippen LogP contribution in [0, 0.1) is 0 Å². The van der Waals surface area contributed by atoms with Gasteiger partial charge in [-0.05, 0) is 6.92 Å². The number of nitrogens with one attached hydrogen (secondary N) is 6. The number of rotatable bonds is 19. The molecule has 0 unspecified atom stereocenters. The van der Waals surface area contributed by atoms with Gasteiger partial charge in [-0.1, -0.05) is 0 Å². The van der Waals surface area contributed by atoms with Crippen LogP contribution >= 0.6 is 0 Å².